The third kappa shape index (κ3) is 7.71. The van der Waals surface area contributed by atoms with E-state index in [9.17, 15) is 10.1 Å². The predicted molar refractivity (Wildman–Crippen MR) is 91.7 cm³/mol. The molecule has 0 aromatic heterocycles. The Hall–Kier alpha value is -1.71. The second-order valence-electron chi connectivity index (χ2n) is 5.81. The Morgan fingerprint density at radius 2 is 2.17 bits per heavy atom. The van der Waals surface area contributed by atoms with Crippen molar-refractivity contribution in [1.29, 1.82) is 5.26 Å². The number of hydrogen-bond donors (Lipinski definition) is 1. The number of allylic oxidation sites excluding steroid dienone is 1. The Morgan fingerprint density at radius 1 is 1.33 bits per heavy atom. The van der Waals surface area contributed by atoms with E-state index >= 15 is 0 Å². The van der Waals surface area contributed by atoms with E-state index in [1.54, 1.807) is 7.11 Å². The van der Waals surface area contributed by atoms with Crippen LogP contribution in [0, 0.1) is 17.2 Å². The third-order valence-corrected chi connectivity index (χ3v) is 3.85. The van der Waals surface area contributed by atoms with Gasteiger partial charge in [0.25, 0.3) is 0 Å². The van der Waals surface area contributed by atoms with Gasteiger partial charge in [-0.3, -0.25) is 9.79 Å². The molecule has 0 saturated heterocycles. The van der Waals surface area contributed by atoms with Crippen LogP contribution < -0.4 is 0 Å². The molecule has 1 aliphatic rings. The minimum atomic E-state index is -0.840. The summed E-state index contributed by atoms with van der Waals surface area (Å²) in [6, 6.07) is 2.06. The number of nitriles is 1. The summed E-state index contributed by atoms with van der Waals surface area (Å²) < 4.78 is 10.2. The topological polar surface area (TPSA) is 91.9 Å². The number of hydrogen-bond acceptors (Lipinski definition) is 6. The highest BCUT2D eigenvalue weighted by atomic mass is 16.5. The summed E-state index contributed by atoms with van der Waals surface area (Å²) in [4.78, 5) is 16.6. The summed E-state index contributed by atoms with van der Waals surface area (Å²) in [6.07, 6.45) is 7.47. The normalized spacial score (nSPS) is 17.2. The second-order valence-corrected chi connectivity index (χ2v) is 5.81. The standard InChI is InChI=1S/C18H28N2O4/c1-23-11-6-9-20-16-8-5-7-15(13-16)17(14-19)18(22)24-12-4-2-3-10-21/h13,17,21H,2-12H2,1H3. The maximum absolute atomic E-state index is 12.1. The fourth-order valence-electron chi connectivity index (χ4n) is 2.55. The number of esters is 1. The van der Waals surface area contributed by atoms with Gasteiger partial charge in [0.05, 0.1) is 12.7 Å². The molecular weight excluding hydrogens is 308 g/mol. The van der Waals surface area contributed by atoms with Crippen molar-refractivity contribution in [3.05, 3.63) is 11.6 Å². The highest BCUT2D eigenvalue weighted by Crippen LogP contribution is 2.24. The molecule has 0 amide bonds. The molecule has 134 valence electrons. The molecule has 6 nitrogen and oxygen atoms in total. The minimum Gasteiger partial charge on any atom is -0.464 e. The smallest absolute Gasteiger partial charge is 0.327 e. The molecule has 1 aliphatic carbocycles. The lowest BCUT2D eigenvalue weighted by atomic mass is 9.89. The molecule has 1 N–H and O–H groups in total. The number of carbonyl (C=O) groups is 1. The highest BCUT2D eigenvalue weighted by Gasteiger charge is 2.26. The average Bonchev–Trinajstić information content (AvgIpc) is 2.60. The zero-order valence-electron chi connectivity index (χ0n) is 14.5. The number of aliphatic hydroxyl groups is 1. The first kappa shape index (κ1) is 20.3. The van der Waals surface area contributed by atoms with Crippen molar-refractivity contribution >= 4 is 11.7 Å². The zero-order chi connectivity index (χ0) is 17.6. The molecular formula is C18H28N2O4. The van der Waals surface area contributed by atoms with Crippen LogP contribution in [0.25, 0.3) is 0 Å². The van der Waals surface area contributed by atoms with Crippen molar-refractivity contribution in [1.82, 2.24) is 0 Å². The van der Waals surface area contributed by atoms with Gasteiger partial charge in [0, 0.05) is 32.6 Å². The number of nitrogens with zero attached hydrogens (tertiary/aromatic N) is 2. The highest BCUT2D eigenvalue weighted by molar-refractivity contribution is 5.97. The van der Waals surface area contributed by atoms with Crippen molar-refractivity contribution in [2.75, 3.05) is 33.5 Å². The van der Waals surface area contributed by atoms with E-state index in [4.69, 9.17) is 14.6 Å². The molecule has 0 spiro atoms. The van der Waals surface area contributed by atoms with E-state index in [1.807, 2.05) is 6.08 Å². The molecule has 1 atom stereocenters. The molecule has 24 heavy (non-hydrogen) atoms. The van der Waals surface area contributed by atoms with Crippen molar-refractivity contribution in [2.45, 2.75) is 44.9 Å². The molecule has 0 aliphatic heterocycles. The summed E-state index contributed by atoms with van der Waals surface area (Å²) in [5.41, 5.74) is 1.75. The predicted octanol–water partition coefficient (Wildman–Crippen LogP) is 2.42. The quantitative estimate of drug-likeness (QED) is 0.462. The van der Waals surface area contributed by atoms with Gasteiger partial charge in [-0.05, 0) is 56.6 Å². The monoisotopic (exact) mass is 336 g/mol. The van der Waals surface area contributed by atoms with Crippen LogP contribution >= 0.6 is 0 Å². The van der Waals surface area contributed by atoms with Crippen molar-refractivity contribution in [2.24, 2.45) is 10.9 Å². The van der Waals surface area contributed by atoms with Crippen LogP contribution in [0.15, 0.2) is 16.6 Å². The van der Waals surface area contributed by atoms with E-state index in [1.165, 1.54) is 0 Å². The first-order chi connectivity index (χ1) is 11.7. The largest absolute Gasteiger partial charge is 0.464 e. The summed E-state index contributed by atoms with van der Waals surface area (Å²) >= 11 is 0. The number of aliphatic hydroxyl groups excluding tert-OH is 1. The van der Waals surface area contributed by atoms with Crippen LogP contribution in [0.2, 0.25) is 0 Å². The molecule has 0 fully saturated rings. The zero-order valence-corrected chi connectivity index (χ0v) is 14.5. The number of carbonyl (C=O) groups excluding carboxylic acids is 1. The van der Waals surface area contributed by atoms with E-state index in [0.29, 0.717) is 32.6 Å². The fourth-order valence-corrected chi connectivity index (χ4v) is 2.55. The van der Waals surface area contributed by atoms with Gasteiger partial charge < -0.3 is 14.6 Å². The van der Waals surface area contributed by atoms with Crippen molar-refractivity contribution in [3.63, 3.8) is 0 Å². The molecule has 0 heterocycles. The fraction of sp³-hybridized carbons (Fsp3) is 0.722. The van der Waals surface area contributed by atoms with Gasteiger partial charge in [-0.1, -0.05) is 0 Å². The van der Waals surface area contributed by atoms with Crippen LogP contribution in [0.3, 0.4) is 0 Å². The average molecular weight is 336 g/mol. The van der Waals surface area contributed by atoms with Crippen LogP contribution in [-0.2, 0) is 14.3 Å². The number of aliphatic imine (C=N–C) groups is 1. The first-order valence-electron chi connectivity index (χ1n) is 8.62. The van der Waals surface area contributed by atoms with Crippen LogP contribution in [-0.4, -0.2) is 50.3 Å². The number of ether oxygens (including phenoxy) is 2. The Balaban J connectivity index is 2.54. The van der Waals surface area contributed by atoms with Gasteiger partial charge >= 0.3 is 5.97 Å². The molecule has 0 aromatic rings. The third-order valence-electron chi connectivity index (χ3n) is 3.85. The Labute approximate surface area is 144 Å². The lowest BCUT2D eigenvalue weighted by molar-refractivity contribution is -0.145. The summed E-state index contributed by atoms with van der Waals surface area (Å²) in [5.74, 6) is -1.32. The second kappa shape index (κ2) is 12.7. The Kier molecular flexibility index (Phi) is 10.7. The summed E-state index contributed by atoms with van der Waals surface area (Å²) in [6.45, 7) is 1.81. The number of unbranched alkanes of at least 4 members (excludes halogenated alkanes) is 2. The lowest BCUT2D eigenvalue weighted by Crippen LogP contribution is -2.21. The summed E-state index contributed by atoms with van der Waals surface area (Å²) in [5, 5.41) is 18.1. The first-order valence-corrected chi connectivity index (χ1v) is 8.62. The molecule has 0 aromatic carbocycles. The van der Waals surface area contributed by atoms with Crippen LogP contribution in [0.1, 0.15) is 44.9 Å². The Bertz CT molecular complexity index is 480. The lowest BCUT2D eigenvalue weighted by Gasteiger charge is -2.18. The van der Waals surface area contributed by atoms with Gasteiger partial charge in [0.15, 0.2) is 5.92 Å². The van der Waals surface area contributed by atoms with Gasteiger partial charge in [0.1, 0.15) is 0 Å². The van der Waals surface area contributed by atoms with Gasteiger partial charge in [-0.25, -0.2) is 0 Å². The molecule has 1 rings (SSSR count). The van der Waals surface area contributed by atoms with Gasteiger partial charge in [-0.15, -0.1) is 0 Å². The number of methoxy groups -OCH3 is 1. The molecule has 0 bridgehead atoms. The van der Waals surface area contributed by atoms with Gasteiger partial charge in [0.2, 0.25) is 0 Å². The Morgan fingerprint density at radius 3 is 2.88 bits per heavy atom. The maximum Gasteiger partial charge on any atom is 0.327 e. The van der Waals surface area contributed by atoms with Crippen molar-refractivity contribution in [3.8, 4) is 6.07 Å². The van der Waals surface area contributed by atoms with E-state index in [2.05, 4.69) is 11.1 Å². The summed E-state index contributed by atoms with van der Waals surface area (Å²) in [7, 11) is 1.67. The van der Waals surface area contributed by atoms with E-state index in [0.717, 1.165) is 43.4 Å². The van der Waals surface area contributed by atoms with E-state index < -0.39 is 11.9 Å². The maximum atomic E-state index is 12.1. The molecule has 0 saturated carbocycles. The molecule has 6 heteroatoms. The SMILES string of the molecule is COCCCN=C1C=C(C(C#N)C(=O)OCCCCCO)CCC1. The minimum absolute atomic E-state index is 0.147. The van der Waals surface area contributed by atoms with E-state index in [-0.39, 0.29) is 6.61 Å². The van der Waals surface area contributed by atoms with Crippen molar-refractivity contribution < 1.29 is 19.4 Å². The van der Waals surface area contributed by atoms with Gasteiger partial charge in [-0.2, -0.15) is 5.26 Å². The van der Waals surface area contributed by atoms with Crippen LogP contribution in [0.4, 0.5) is 0 Å². The van der Waals surface area contributed by atoms with Crippen LogP contribution in [0.5, 0.6) is 0 Å². The molecule has 0 radical (unpaired) electrons. The molecule has 1 unspecified atom stereocenters. The number of rotatable bonds is 11.